The second-order valence-corrected chi connectivity index (χ2v) is 5.22. The molecule has 0 aliphatic rings. The zero-order chi connectivity index (χ0) is 15.8. The van der Waals surface area contributed by atoms with Crippen molar-refractivity contribution in [1.29, 1.82) is 0 Å². The third-order valence-electron chi connectivity index (χ3n) is 3.82. The molecule has 0 atom stereocenters. The summed E-state index contributed by atoms with van der Waals surface area (Å²) in [5, 5.41) is 2.19. The molecule has 3 aromatic carbocycles. The number of fused-ring (bicyclic) bond motifs is 2. The van der Waals surface area contributed by atoms with Gasteiger partial charge in [0, 0.05) is 0 Å². The van der Waals surface area contributed by atoms with Gasteiger partial charge in [0.2, 0.25) is 5.89 Å². The van der Waals surface area contributed by atoms with Gasteiger partial charge < -0.3 is 9.15 Å². The van der Waals surface area contributed by atoms with E-state index in [1.807, 2.05) is 42.5 Å². The molecule has 0 saturated heterocycles. The van der Waals surface area contributed by atoms with E-state index in [0.717, 1.165) is 16.3 Å². The maximum absolute atomic E-state index is 11.9. The van der Waals surface area contributed by atoms with E-state index >= 15 is 0 Å². The van der Waals surface area contributed by atoms with Gasteiger partial charge in [0.1, 0.15) is 5.52 Å². The lowest BCUT2D eigenvalue weighted by Crippen LogP contribution is -2.03. The molecule has 23 heavy (non-hydrogen) atoms. The van der Waals surface area contributed by atoms with Gasteiger partial charge in [-0.05, 0) is 35.0 Å². The summed E-state index contributed by atoms with van der Waals surface area (Å²) in [6.45, 7) is 0. The smallest absolute Gasteiger partial charge is 0.338 e. The quantitative estimate of drug-likeness (QED) is 0.514. The molecule has 4 nitrogen and oxygen atoms in total. The van der Waals surface area contributed by atoms with E-state index in [1.54, 1.807) is 18.2 Å². The van der Waals surface area contributed by atoms with Crippen LogP contribution >= 0.6 is 0 Å². The molecule has 0 saturated carbocycles. The first kappa shape index (κ1) is 13.5. The van der Waals surface area contributed by atoms with Crippen LogP contribution in [0.2, 0.25) is 0 Å². The molecule has 4 rings (SSSR count). The van der Waals surface area contributed by atoms with Gasteiger partial charge in [-0.25, -0.2) is 9.78 Å². The van der Waals surface area contributed by atoms with Crippen molar-refractivity contribution in [2.75, 3.05) is 7.11 Å². The predicted molar refractivity (Wildman–Crippen MR) is 88.3 cm³/mol. The minimum absolute atomic E-state index is 0.409. The molecule has 0 amide bonds. The van der Waals surface area contributed by atoms with Crippen molar-refractivity contribution in [2.24, 2.45) is 0 Å². The number of nitrogens with zero attached hydrogens (tertiary/aromatic N) is 1. The Hall–Kier alpha value is -3.14. The summed E-state index contributed by atoms with van der Waals surface area (Å²) in [5.41, 5.74) is 2.52. The molecule has 112 valence electrons. The summed E-state index contributed by atoms with van der Waals surface area (Å²) in [6.07, 6.45) is 0. The van der Waals surface area contributed by atoms with Crippen molar-refractivity contribution in [1.82, 2.24) is 4.98 Å². The van der Waals surface area contributed by atoms with E-state index in [-0.39, 0.29) is 0 Å². The number of hydrogen-bond donors (Lipinski definition) is 0. The molecule has 0 bridgehead atoms. The van der Waals surface area contributed by atoms with Crippen LogP contribution in [0.5, 0.6) is 0 Å². The number of methoxy groups -OCH3 is 1. The molecule has 0 aliphatic carbocycles. The van der Waals surface area contributed by atoms with E-state index in [4.69, 9.17) is 9.15 Å². The van der Waals surface area contributed by atoms with Gasteiger partial charge in [-0.3, -0.25) is 0 Å². The van der Waals surface area contributed by atoms with Crippen LogP contribution in [0, 0.1) is 0 Å². The van der Waals surface area contributed by atoms with E-state index in [9.17, 15) is 4.79 Å². The Morgan fingerprint density at radius 3 is 2.48 bits per heavy atom. The van der Waals surface area contributed by atoms with Crippen molar-refractivity contribution in [2.45, 2.75) is 0 Å². The van der Waals surface area contributed by atoms with Gasteiger partial charge in [-0.2, -0.15) is 0 Å². The molecule has 1 aromatic heterocycles. The number of benzene rings is 3. The van der Waals surface area contributed by atoms with Gasteiger partial charge in [-0.15, -0.1) is 0 Å². The van der Waals surface area contributed by atoms with Gasteiger partial charge in [-0.1, -0.05) is 36.4 Å². The minimum atomic E-state index is -0.409. The Morgan fingerprint density at radius 2 is 1.70 bits per heavy atom. The molecule has 4 heteroatoms. The highest BCUT2D eigenvalue weighted by Gasteiger charge is 2.17. The van der Waals surface area contributed by atoms with Crippen LogP contribution < -0.4 is 0 Å². The van der Waals surface area contributed by atoms with Crippen LogP contribution in [0.25, 0.3) is 33.3 Å². The molecule has 0 fully saturated rings. The highest BCUT2D eigenvalue weighted by molar-refractivity contribution is 5.98. The van der Waals surface area contributed by atoms with Crippen LogP contribution in [-0.2, 0) is 4.74 Å². The summed E-state index contributed by atoms with van der Waals surface area (Å²) in [5.74, 6) is 0.00400. The lowest BCUT2D eigenvalue weighted by atomic mass is 10.1. The highest BCUT2D eigenvalue weighted by atomic mass is 16.5. The number of aromatic nitrogens is 1. The third-order valence-corrected chi connectivity index (χ3v) is 3.82. The first-order valence-electron chi connectivity index (χ1n) is 7.23. The van der Waals surface area contributed by atoms with E-state index in [1.165, 1.54) is 7.11 Å². The number of oxazole rings is 1. The van der Waals surface area contributed by atoms with Gasteiger partial charge >= 0.3 is 5.97 Å². The van der Waals surface area contributed by atoms with Crippen LogP contribution in [0.1, 0.15) is 10.4 Å². The zero-order valence-corrected chi connectivity index (χ0v) is 12.4. The Bertz CT molecular complexity index is 981. The average Bonchev–Trinajstić information content (AvgIpc) is 3.01. The number of ether oxygens (including phenoxy) is 1. The van der Waals surface area contributed by atoms with Gasteiger partial charge in [0.15, 0.2) is 5.58 Å². The van der Waals surface area contributed by atoms with Crippen LogP contribution in [-0.4, -0.2) is 18.1 Å². The second-order valence-electron chi connectivity index (χ2n) is 5.22. The molecule has 0 aliphatic heterocycles. The molecule has 0 spiro atoms. The Kier molecular flexibility index (Phi) is 3.08. The maximum atomic E-state index is 11.9. The van der Waals surface area contributed by atoms with E-state index in [0.29, 0.717) is 22.6 Å². The summed E-state index contributed by atoms with van der Waals surface area (Å²) >= 11 is 0. The van der Waals surface area contributed by atoms with Crippen molar-refractivity contribution >= 4 is 27.8 Å². The SMILES string of the molecule is COC(=O)c1ccccc1-c1nc2cc3ccccc3cc2o1. The van der Waals surface area contributed by atoms with Crippen LogP contribution in [0.3, 0.4) is 0 Å². The number of esters is 1. The Labute approximate surface area is 132 Å². The van der Waals surface area contributed by atoms with Gasteiger partial charge in [0.05, 0.1) is 18.2 Å². The number of carbonyl (C=O) groups is 1. The zero-order valence-electron chi connectivity index (χ0n) is 12.4. The first-order chi connectivity index (χ1) is 11.3. The first-order valence-corrected chi connectivity index (χ1v) is 7.23. The fraction of sp³-hybridized carbons (Fsp3) is 0.0526. The molecule has 4 aromatic rings. The van der Waals surface area contributed by atoms with Crippen molar-refractivity contribution in [3.63, 3.8) is 0 Å². The Morgan fingerprint density at radius 1 is 1.00 bits per heavy atom. The predicted octanol–water partition coefficient (Wildman–Crippen LogP) is 4.43. The minimum Gasteiger partial charge on any atom is -0.465 e. The Balaban J connectivity index is 1.93. The van der Waals surface area contributed by atoms with Crippen molar-refractivity contribution in [3.8, 4) is 11.5 Å². The number of hydrogen-bond acceptors (Lipinski definition) is 4. The fourth-order valence-electron chi connectivity index (χ4n) is 2.69. The summed E-state index contributed by atoms with van der Waals surface area (Å²) in [7, 11) is 1.36. The fourth-order valence-corrected chi connectivity index (χ4v) is 2.69. The maximum Gasteiger partial charge on any atom is 0.338 e. The molecular formula is C19H13NO3. The number of rotatable bonds is 2. The molecular weight excluding hydrogens is 290 g/mol. The van der Waals surface area contributed by atoms with E-state index in [2.05, 4.69) is 4.98 Å². The highest BCUT2D eigenvalue weighted by Crippen LogP contribution is 2.29. The standard InChI is InChI=1S/C19H13NO3/c1-22-19(21)15-9-5-4-8-14(15)18-20-16-10-12-6-2-3-7-13(12)11-17(16)23-18/h2-11H,1H3. The van der Waals surface area contributed by atoms with Gasteiger partial charge in [0.25, 0.3) is 0 Å². The molecule has 0 radical (unpaired) electrons. The normalized spacial score (nSPS) is 11.0. The third kappa shape index (κ3) is 2.25. The topological polar surface area (TPSA) is 52.3 Å². The largest absolute Gasteiger partial charge is 0.465 e. The monoisotopic (exact) mass is 303 g/mol. The van der Waals surface area contributed by atoms with Crippen LogP contribution in [0.15, 0.2) is 65.1 Å². The second kappa shape index (κ2) is 5.25. The van der Waals surface area contributed by atoms with Crippen molar-refractivity contribution in [3.05, 3.63) is 66.2 Å². The lowest BCUT2D eigenvalue weighted by molar-refractivity contribution is 0.0601. The molecule has 1 heterocycles. The van der Waals surface area contributed by atoms with Crippen LogP contribution in [0.4, 0.5) is 0 Å². The summed E-state index contributed by atoms with van der Waals surface area (Å²) in [6, 6.07) is 19.1. The molecule has 0 N–H and O–H groups in total. The average molecular weight is 303 g/mol. The molecule has 0 unspecified atom stereocenters. The lowest BCUT2D eigenvalue weighted by Gasteiger charge is -2.03. The van der Waals surface area contributed by atoms with E-state index < -0.39 is 5.97 Å². The summed E-state index contributed by atoms with van der Waals surface area (Å²) in [4.78, 5) is 16.5. The summed E-state index contributed by atoms with van der Waals surface area (Å²) < 4.78 is 10.7. The number of carbonyl (C=O) groups excluding carboxylic acids is 1. The van der Waals surface area contributed by atoms with Crippen molar-refractivity contribution < 1.29 is 13.9 Å².